The SMILES string of the molecule is CCCCCC(O)CC=C1CC[C@@H](O)[C@@H]1CCCCCC(CCCCC)C(=O)OCC. The molecular weight excluding hydrogens is 388 g/mol. The molecule has 0 spiro atoms. The standard InChI is InChI=1S/C27H50O4/c1-4-7-10-14-23(27(30)31-6-3)15-12-9-13-17-25-22(19-21-26(25)29)18-20-24(28)16-11-8-5-2/h18,23-26,28-29H,4-17,19-21H2,1-3H3/t23?,24?,25-,26-/m1/s1. The summed E-state index contributed by atoms with van der Waals surface area (Å²) in [5, 5.41) is 20.6. The van der Waals surface area contributed by atoms with Crippen molar-refractivity contribution in [3.63, 3.8) is 0 Å². The molecule has 0 aromatic rings. The highest BCUT2D eigenvalue weighted by Crippen LogP contribution is 2.36. The average Bonchev–Trinajstić information content (AvgIpc) is 3.10. The van der Waals surface area contributed by atoms with E-state index < -0.39 is 0 Å². The lowest BCUT2D eigenvalue weighted by molar-refractivity contribution is -0.148. The highest BCUT2D eigenvalue weighted by molar-refractivity contribution is 5.72. The molecule has 4 heteroatoms. The Labute approximate surface area is 191 Å². The van der Waals surface area contributed by atoms with Crippen molar-refractivity contribution < 1.29 is 19.7 Å². The molecule has 1 aliphatic carbocycles. The molecule has 0 aromatic heterocycles. The molecule has 2 unspecified atom stereocenters. The van der Waals surface area contributed by atoms with Gasteiger partial charge in [-0.15, -0.1) is 0 Å². The number of esters is 1. The molecule has 4 atom stereocenters. The van der Waals surface area contributed by atoms with Crippen LogP contribution in [0.15, 0.2) is 11.6 Å². The van der Waals surface area contributed by atoms with Gasteiger partial charge in [0.05, 0.1) is 24.7 Å². The van der Waals surface area contributed by atoms with E-state index in [1.54, 1.807) is 0 Å². The second-order valence-electron chi connectivity index (χ2n) is 9.46. The molecule has 1 fully saturated rings. The number of hydrogen-bond donors (Lipinski definition) is 2. The fourth-order valence-corrected chi connectivity index (χ4v) is 4.83. The van der Waals surface area contributed by atoms with Crippen LogP contribution in [0.1, 0.15) is 124 Å². The number of carbonyl (C=O) groups excluding carboxylic acids is 1. The summed E-state index contributed by atoms with van der Waals surface area (Å²) in [6.45, 7) is 6.71. The van der Waals surface area contributed by atoms with E-state index in [0.29, 0.717) is 6.61 Å². The number of aliphatic hydroxyl groups excluding tert-OH is 2. The van der Waals surface area contributed by atoms with Crippen LogP contribution in [-0.2, 0) is 9.53 Å². The van der Waals surface area contributed by atoms with E-state index in [-0.39, 0.29) is 30.0 Å². The Morgan fingerprint density at radius 2 is 1.65 bits per heavy atom. The van der Waals surface area contributed by atoms with E-state index in [1.807, 2.05) is 6.92 Å². The zero-order chi connectivity index (χ0) is 22.9. The summed E-state index contributed by atoms with van der Waals surface area (Å²) in [6, 6.07) is 0. The maximum atomic E-state index is 12.2. The summed E-state index contributed by atoms with van der Waals surface area (Å²) in [6.07, 6.45) is 18.2. The second kappa shape index (κ2) is 17.7. The Kier molecular flexibility index (Phi) is 16.0. The predicted octanol–water partition coefficient (Wildman–Crippen LogP) is 6.73. The summed E-state index contributed by atoms with van der Waals surface area (Å²) in [7, 11) is 0. The molecule has 1 aliphatic rings. The maximum Gasteiger partial charge on any atom is 0.308 e. The summed E-state index contributed by atoms with van der Waals surface area (Å²) < 4.78 is 5.28. The second-order valence-corrected chi connectivity index (χ2v) is 9.46. The van der Waals surface area contributed by atoms with Gasteiger partial charge in [-0.1, -0.05) is 83.3 Å². The van der Waals surface area contributed by atoms with Crippen molar-refractivity contribution in [3.05, 3.63) is 11.6 Å². The fourth-order valence-electron chi connectivity index (χ4n) is 4.83. The molecule has 182 valence electrons. The molecule has 31 heavy (non-hydrogen) atoms. The highest BCUT2D eigenvalue weighted by atomic mass is 16.5. The van der Waals surface area contributed by atoms with Gasteiger partial charge >= 0.3 is 5.97 Å². The molecular formula is C27H50O4. The van der Waals surface area contributed by atoms with Crippen LogP contribution in [0.2, 0.25) is 0 Å². The maximum absolute atomic E-state index is 12.2. The number of rotatable bonds is 18. The van der Waals surface area contributed by atoms with Gasteiger partial charge in [-0.05, 0) is 51.9 Å². The van der Waals surface area contributed by atoms with E-state index in [2.05, 4.69) is 19.9 Å². The van der Waals surface area contributed by atoms with Crippen molar-refractivity contribution in [2.75, 3.05) is 6.61 Å². The fraction of sp³-hybridized carbons (Fsp3) is 0.889. The van der Waals surface area contributed by atoms with Crippen molar-refractivity contribution in [1.29, 1.82) is 0 Å². The third-order valence-corrected chi connectivity index (χ3v) is 6.81. The summed E-state index contributed by atoms with van der Waals surface area (Å²) in [4.78, 5) is 12.2. The first-order valence-corrected chi connectivity index (χ1v) is 13.2. The first-order chi connectivity index (χ1) is 15.0. The van der Waals surface area contributed by atoms with Crippen LogP contribution < -0.4 is 0 Å². The lowest BCUT2D eigenvalue weighted by Crippen LogP contribution is -2.18. The predicted molar refractivity (Wildman–Crippen MR) is 129 cm³/mol. The monoisotopic (exact) mass is 438 g/mol. The molecule has 0 aliphatic heterocycles. The normalized spacial score (nSPS) is 22.0. The van der Waals surface area contributed by atoms with Gasteiger partial charge in [0.15, 0.2) is 0 Å². The summed E-state index contributed by atoms with van der Waals surface area (Å²) in [5.41, 5.74) is 1.35. The van der Waals surface area contributed by atoms with Crippen LogP contribution in [0.5, 0.6) is 0 Å². The molecule has 4 nitrogen and oxygen atoms in total. The van der Waals surface area contributed by atoms with Gasteiger partial charge in [0, 0.05) is 5.92 Å². The van der Waals surface area contributed by atoms with Gasteiger partial charge in [-0.3, -0.25) is 4.79 Å². The average molecular weight is 439 g/mol. The number of aliphatic hydroxyl groups is 2. The van der Waals surface area contributed by atoms with Crippen LogP contribution in [0.3, 0.4) is 0 Å². The van der Waals surface area contributed by atoms with Crippen molar-refractivity contribution in [2.45, 2.75) is 136 Å². The minimum absolute atomic E-state index is 0.0208. The number of unbranched alkanes of at least 4 members (excludes halogenated alkanes) is 6. The minimum Gasteiger partial charge on any atom is -0.466 e. The molecule has 1 saturated carbocycles. The van der Waals surface area contributed by atoms with Gasteiger partial charge in [0.2, 0.25) is 0 Å². The van der Waals surface area contributed by atoms with E-state index in [0.717, 1.165) is 77.0 Å². The van der Waals surface area contributed by atoms with Gasteiger partial charge in [-0.25, -0.2) is 0 Å². The van der Waals surface area contributed by atoms with E-state index >= 15 is 0 Å². The Morgan fingerprint density at radius 1 is 1.00 bits per heavy atom. The van der Waals surface area contributed by atoms with Crippen molar-refractivity contribution in [1.82, 2.24) is 0 Å². The van der Waals surface area contributed by atoms with E-state index in [9.17, 15) is 15.0 Å². The van der Waals surface area contributed by atoms with Crippen LogP contribution >= 0.6 is 0 Å². The zero-order valence-electron chi connectivity index (χ0n) is 20.6. The Morgan fingerprint density at radius 3 is 2.29 bits per heavy atom. The number of hydrogen-bond acceptors (Lipinski definition) is 4. The van der Waals surface area contributed by atoms with Gasteiger partial charge in [0.1, 0.15) is 0 Å². The lowest BCUT2D eigenvalue weighted by atomic mass is 9.91. The first kappa shape index (κ1) is 28.2. The smallest absolute Gasteiger partial charge is 0.308 e. The summed E-state index contributed by atoms with van der Waals surface area (Å²) >= 11 is 0. The van der Waals surface area contributed by atoms with Crippen molar-refractivity contribution >= 4 is 5.97 Å². The molecule has 1 rings (SSSR count). The van der Waals surface area contributed by atoms with Crippen LogP contribution in [0, 0.1) is 11.8 Å². The largest absolute Gasteiger partial charge is 0.466 e. The van der Waals surface area contributed by atoms with Gasteiger partial charge < -0.3 is 14.9 Å². The molecule has 0 bridgehead atoms. The van der Waals surface area contributed by atoms with Crippen LogP contribution in [0.25, 0.3) is 0 Å². The third kappa shape index (κ3) is 12.1. The number of carbonyl (C=O) groups is 1. The van der Waals surface area contributed by atoms with Crippen molar-refractivity contribution in [3.8, 4) is 0 Å². The quantitative estimate of drug-likeness (QED) is 0.141. The van der Waals surface area contributed by atoms with E-state index in [1.165, 1.54) is 31.3 Å². The van der Waals surface area contributed by atoms with Crippen molar-refractivity contribution in [2.24, 2.45) is 11.8 Å². The van der Waals surface area contributed by atoms with Crippen LogP contribution in [0.4, 0.5) is 0 Å². The highest BCUT2D eigenvalue weighted by Gasteiger charge is 2.29. The number of ether oxygens (including phenoxy) is 1. The van der Waals surface area contributed by atoms with Gasteiger partial charge in [0.25, 0.3) is 0 Å². The lowest BCUT2D eigenvalue weighted by Gasteiger charge is -2.18. The van der Waals surface area contributed by atoms with E-state index in [4.69, 9.17) is 4.74 Å². The molecule has 0 amide bonds. The Balaban J connectivity index is 2.36. The van der Waals surface area contributed by atoms with Crippen LogP contribution in [-0.4, -0.2) is 35.0 Å². The molecule has 2 N–H and O–H groups in total. The first-order valence-electron chi connectivity index (χ1n) is 13.2. The Hall–Kier alpha value is -0.870. The topological polar surface area (TPSA) is 66.8 Å². The zero-order valence-corrected chi connectivity index (χ0v) is 20.6. The third-order valence-electron chi connectivity index (χ3n) is 6.81. The molecule has 0 saturated heterocycles. The van der Waals surface area contributed by atoms with Gasteiger partial charge in [-0.2, -0.15) is 0 Å². The summed E-state index contributed by atoms with van der Waals surface area (Å²) in [5.74, 6) is 0.286. The molecule has 0 aromatic carbocycles. The Bertz CT molecular complexity index is 488. The molecule has 0 heterocycles. The minimum atomic E-state index is -0.245. The molecule has 0 radical (unpaired) electrons.